The summed E-state index contributed by atoms with van der Waals surface area (Å²) in [6, 6.07) is 0. The van der Waals surface area contributed by atoms with E-state index < -0.39 is 6.10 Å². The predicted octanol–water partition coefficient (Wildman–Crippen LogP) is 23.6. The van der Waals surface area contributed by atoms with Gasteiger partial charge in [0.15, 0.2) is 6.10 Å². The highest BCUT2D eigenvalue weighted by Gasteiger charge is 2.19. The molecule has 0 aliphatic carbocycles. The van der Waals surface area contributed by atoms with Gasteiger partial charge in [-0.05, 0) is 109 Å². The fraction of sp³-hybridized carbons (Fsp3) is 0.693. The zero-order valence-corrected chi connectivity index (χ0v) is 53.0. The van der Waals surface area contributed by atoms with Crippen LogP contribution in [0.4, 0.5) is 0 Å². The topological polar surface area (TPSA) is 78.9 Å². The lowest BCUT2D eigenvalue weighted by Crippen LogP contribution is -2.30. The minimum absolute atomic E-state index is 0.0902. The van der Waals surface area contributed by atoms with Crippen LogP contribution in [0.1, 0.15) is 316 Å². The van der Waals surface area contributed by atoms with E-state index in [2.05, 4.69) is 142 Å². The largest absolute Gasteiger partial charge is 0.462 e. The minimum Gasteiger partial charge on any atom is -0.462 e. The molecule has 0 bridgehead atoms. The number of rotatable bonds is 61. The number of unbranched alkanes of at least 4 members (excludes halogenated alkanes) is 30. The van der Waals surface area contributed by atoms with E-state index in [1.54, 1.807) is 0 Å². The van der Waals surface area contributed by atoms with Crippen LogP contribution in [0.2, 0.25) is 0 Å². The molecule has 1 unspecified atom stereocenters. The lowest BCUT2D eigenvalue weighted by molar-refractivity contribution is -0.167. The molecule has 0 fully saturated rings. The Morgan fingerprint density at radius 2 is 0.481 bits per heavy atom. The van der Waals surface area contributed by atoms with E-state index in [1.807, 2.05) is 0 Å². The van der Waals surface area contributed by atoms with E-state index in [4.69, 9.17) is 14.2 Å². The van der Waals surface area contributed by atoms with Crippen LogP contribution in [0.3, 0.4) is 0 Å². The third kappa shape index (κ3) is 66.5. The van der Waals surface area contributed by atoms with Crippen LogP contribution in [0.25, 0.3) is 0 Å². The molecule has 0 spiro atoms. The van der Waals surface area contributed by atoms with Crippen molar-refractivity contribution < 1.29 is 28.6 Å². The number of hydrogen-bond acceptors (Lipinski definition) is 6. The van der Waals surface area contributed by atoms with Crippen molar-refractivity contribution in [2.45, 2.75) is 322 Å². The standard InChI is InChI=1S/C75H126O6/c1-4-7-10-13-16-19-22-25-28-30-32-33-34-35-36-37-38-39-40-41-43-44-47-50-53-56-59-62-65-68-74(77)80-71-72(70-79-73(76)67-64-61-58-55-52-49-46-27-24-21-18-15-12-9-6-3)81-75(78)69-66-63-60-57-54-51-48-45-42-31-29-26-23-20-17-14-11-8-5-2/h7-8,10-11,16-17,19-20,25-26,28-29,32-33,35-36,42,45,51,54,72H,4-6,9,12-15,18,21-24,27,30-31,34,37-41,43-44,46-50,52-53,55-71H2,1-3H3/b10-7-,11-8-,19-16-,20-17-,28-25-,29-26-,33-32-,36-35-,45-42-,54-51-. The van der Waals surface area contributed by atoms with Crippen LogP contribution in [-0.2, 0) is 28.6 Å². The molecule has 0 saturated heterocycles. The maximum atomic E-state index is 12.9. The van der Waals surface area contributed by atoms with Gasteiger partial charge in [0.25, 0.3) is 0 Å². The average molecular weight is 1120 g/mol. The first kappa shape index (κ1) is 76.8. The van der Waals surface area contributed by atoms with Crippen molar-refractivity contribution in [1.82, 2.24) is 0 Å². The molecule has 0 saturated carbocycles. The number of carbonyl (C=O) groups excluding carboxylic acids is 3. The third-order valence-corrected chi connectivity index (χ3v) is 14.5. The van der Waals surface area contributed by atoms with Gasteiger partial charge >= 0.3 is 17.9 Å². The molecule has 6 heteroatoms. The van der Waals surface area contributed by atoms with Gasteiger partial charge in [-0.2, -0.15) is 0 Å². The smallest absolute Gasteiger partial charge is 0.306 e. The molecule has 0 aliphatic rings. The Labute approximate surface area is 501 Å². The molecule has 0 aromatic rings. The summed E-state index contributed by atoms with van der Waals surface area (Å²) < 4.78 is 16.9. The van der Waals surface area contributed by atoms with Crippen molar-refractivity contribution in [3.63, 3.8) is 0 Å². The van der Waals surface area contributed by atoms with Crippen LogP contribution in [0.15, 0.2) is 122 Å². The van der Waals surface area contributed by atoms with E-state index >= 15 is 0 Å². The van der Waals surface area contributed by atoms with E-state index in [9.17, 15) is 14.4 Å². The molecule has 6 nitrogen and oxygen atoms in total. The minimum atomic E-state index is -0.798. The summed E-state index contributed by atoms with van der Waals surface area (Å²) in [6.07, 6.45) is 95.0. The Morgan fingerprint density at radius 3 is 0.765 bits per heavy atom. The van der Waals surface area contributed by atoms with Crippen molar-refractivity contribution in [3.8, 4) is 0 Å². The van der Waals surface area contributed by atoms with E-state index in [0.29, 0.717) is 12.8 Å². The van der Waals surface area contributed by atoms with Gasteiger partial charge in [-0.15, -0.1) is 0 Å². The quantitative estimate of drug-likeness (QED) is 0.0261. The maximum absolute atomic E-state index is 12.9. The first-order valence-corrected chi connectivity index (χ1v) is 34.0. The second-order valence-corrected chi connectivity index (χ2v) is 22.3. The molecule has 0 heterocycles. The van der Waals surface area contributed by atoms with Gasteiger partial charge in [-0.1, -0.05) is 309 Å². The van der Waals surface area contributed by atoms with Gasteiger partial charge in [-0.3, -0.25) is 14.4 Å². The molecular formula is C75H126O6. The van der Waals surface area contributed by atoms with Crippen LogP contribution in [0, 0.1) is 0 Å². The Hall–Kier alpha value is -4.19. The van der Waals surface area contributed by atoms with Gasteiger partial charge in [0.1, 0.15) is 13.2 Å². The summed E-state index contributed by atoms with van der Waals surface area (Å²) in [4.78, 5) is 38.4. The highest BCUT2D eigenvalue weighted by Crippen LogP contribution is 2.17. The van der Waals surface area contributed by atoms with Crippen molar-refractivity contribution in [3.05, 3.63) is 122 Å². The van der Waals surface area contributed by atoms with Crippen LogP contribution in [0.5, 0.6) is 0 Å². The molecule has 0 rings (SSSR count). The van der Waals surface area contributed by atoms with Crippen molar-refractivity contribution in [1.29, 1.82) is 0 Å². The third-order valence-electron chi connectivity index (χ3n) is 14.5. The Morgan fingerprint density at radius 1 is 0.259 bits per heavy atom. The van der Waals surface area contributed by atoms with Crippen molar-refractivity contribution in [2.24, 2.45) is 0 Å². The fourth-order valence-electron chi connectivity index (χ4n) is 9.44. The summed E-state index contributed by atoms with van der Waals surface area (Å²) in [7, 11) is 0. The molecular weight excluding hydrogens is 997 g/mol. The maximum Gasteiger partial charge on any atom is 0.306 e. The molecule has 0 aromatic carbocycles. The summed E-state index contributed by atoms with van der Waals surface area (Å²) in [5.41, 5.74) is 0. The second kappa shape index (κ2) is 68.3. The van der Waals surface area contributed by atoms with Gasteiger partial charge in [0.2, 0.25) is 0 Å². The van der Waals surface area contributed by atoms with Crippen molar-refractivity contribution >= 4 is 17.9 Å². The average Bonchev–Trinajstić information content (AvgIpc) is 3.47. The molecule has 0 N–H and O–H groups in total. The van der Waals surface area contributed by atoms with Gasteiger partial charge in [0, 0.05) is 19.3 Å². The Bertz CT molecular complexity index is 1670. The van der Waals surface area contributed by atoms with Crippen LogP contribution >= 0.6 is 0 Å². The number of hydrogen-bond donors (Lipinski definition) is 0. The summed E-state index contributed by atoms with van der Waals surface area (Å²) in [5, 5.41) is 0. The van der Waals surface area contributed by atoms with Crippen molar-refractivity contribution in [2.75, 3.05) is 13.2 Å². The molecule has 0 aliphatic heterocycles. The Balaban J connectivity index is 4.34. The van der Waals surface area contributed by atoms with Crippen LogP contribution < -0.4 is 0 Å². The lowest BCUT2D eigenvalue weighted by Gasteiger charge is -2.18. The first-order chi connectivity index (χ1) is 40.0. The normalized spacial score (nSPS) is 12.9. The molecule has 1 atom stereocenters. The first-order valence-electron chi connectivity index (χ1n) is 34.0. The zero-order valence-electron chi connectivity index (χ0n) is 53.0. The SMILES string of the molecule is CC/C=C\C/C=C\C/C=C\C/C=C\C/C=C\CCCCCCCCCCCCCCCC(=O)OCC(COC(=O)CCCCCCCCCCCCCCCCC)OC(=O)CCCCC/C=C\C/C=C\C/C=C\C/C=C\C/C=C\CC. The predicted molar refractivity (Wildman–Crippen MR) is 353 cm³/mol. The number of esters is 3. The summed E-state index contributed by atoms with van der Waals surface area (Å²) >= 11 is 0. The fourth-order valence-corrected chi connectivity index (χ4v) is 9.44. The molecule has 462 valence electrons. The lowest BCUT2D eigenvalue weighted by atomic mass is 10.0. The highest BCUT2D eigenvalue weighted by molar-refractivity contribution is 5.71. The van der Waals surface area contributed by atoms with E-state index in [-0.39, 0.29) is 37.5 Å². The molecule has 0 aromatic heterocycles. The van der Waals surface area contributed by atoms with Gasteiger partial charge < -0.3 is 14.2 Å². The summed E-state index contributed by atoms with van der Waals surface area (Å²) in [5.74, 6) is -0.913. The molecule has 0 amide bonds. The number of allylic oxidation sites excluding steroid dienone is 20. The van der Waals surface area contributed by atoms with E-state index in [0.717, 1.165) is 128 Å². The molecule has 81 heavy (non-hydrogen) atoms. The van der Waals surface area contributed by atoms with Gasteiger partial charge in [-0.25, -0.2) is 0 Å². The van der Waals surface area contributed by atoms with E-state index in [1.165, 1.54) is 148 Å². The number of ether oxygens (including phenoxy) is 3. The van der Waals surface area contributed by atoms with Crippen LogP contribution in [-0.4, -0.2) is 37.2 Å². The zero-order chi connectivity index (χ0) is 58.5. The number of carbonyl (C=O) groups is 3. The molecule has 0 radical (unpaired) electrons. The summed E-state index contributed by atoms with van der Waals surface area (Å²) in [6.45, 7) is 6.42. The monoisotopic (exact) mass is 1120 g/mol. The van der Waals surface area contributed by atoms with Gasteiger partial charge in [0.05, 0.1) is 0 Å². The highest BCUT2D eigenvalue weighted by atomic mass is 16.6. The second-order valence-electron chi connectivity index (χ2n) is 22.3. The Kier molecular flexibility index (Phi) is 64.8.